The van der Waals surface area contributed by atoms with Gasteiger partial charge in [-0.15, -0.1) is 0 Å². The molecule has 0 spiro atoms. The molecule has 0 unspecified atom stereocenters. The van der Waals surface area contributed by atoms with Crippen LogP contribution in [-0.4, -0.2) is 36.1 Å². The van der Waals surface area contributed by atoms with E-state index in [4.69, 9.17) is 9.47 Å². The Labute approximate surface area is 153 Å². The van der Waals surface area contributed by atoms with Crippen molar-refractivity contribution in [1.82, 2.24) is 10.3 Å². The van der Waals surface area contributed by atoms with Crippen LogP contribution >= 0.6 is 0 Å². The number of esters is 1. The minimum Gasteiger partial charge on any atom is -0.497 e. The summed E-state index contributed by atoms with van der Waals surface area (Å²) in [7, 11) is 1.51. The zero-order chi connectivity index (χ0) is 19.1. The first-order chi connectivity index (χ1) is 12.4. The number of pyridine rings is 1. The Morgan fingerprint density at radius 2 is 1.77 bits per heavy atom. The highest BCUT2D eigenvalue weighted by molar-refractivity contribution is 5.95. The molecular formula is C20H24N2O4. The average molecular weight is 356 g/mol. The molecule has 1 N–H and O–H groups in total. The number of benzene rings is 1. The van der Waals surface area contributed by atoms with Gasteiger partial charge < -0.3 is 14.8 Å². The first-order valence-corrected chi connectivity index (χ1v) is 8.48. The summed E-state index contributed by atoms with van der Waals surface area (Å²) in [5, 5.41) is 2.60. The quantitative estimate of drug-likeness (QED) is 0.772. The molecule has 6 heteroatoms. The van der Waals surface area contributed by atoms with Gasteiger partial charge in [0.25, 0.3) is 5.91 Å². The standard InChI is InChI=1S/C20H24N2O4/c1-13(16-8-6-5-7-9-16)15(3)26-20(24)14(2)22-19(23)18-12-17(25-4)10-11-21-18/h5-15H,1-4H3,(H,22,23)/t13-,14+,15+/m1/s1. The first kappa shape index (κ1) is 19.4. The van der Waals surface area contributed by atoms with Crippen LogP contribution < -0.4 is 10.1 Å². The van der Waals surface area contributed by atoms with Crippen molar-refractivity contribution >= 4 is 11.9 Å². The number of nitrogens with zero attached hydrogens (tertiary/aromatic N) is 1. The zero-order valence-electron chi connectivity index (χ0n) is 15.4. The van der Waals surface area contributed by atoms with Crippen molar-refractivity contribution < 1.29 is 19.1 Å². The number of aromatic nitrogens is 1. The summed E-state index contributed by atoms with van der Waals surface area (Å²) < 4.78 is 10.6. The van der Waals surface area contributed by atoms with E-state index >= 15 is 0 Å². The molecule has 0 aliphatic heterocycles. The molecule has 2 rings (SSSR count). The van der Waals surface area contributed by atoms with Crippen molar-refractivity contribution in [2.24, 2.45) is 0 Å². The molecule has 138 valence electrons. The average Bonchev–Trinajstić information content (AvgIpc) is 2.67. The SMILES string of the molecule is COc1ccnc(C(=O)N[C@@H](C)C(=O)O[C@@H](C)[C@@H](C)c2ccccc2)c1. The number of amides is 1. The summed E-state index contributed by atoms with van der Waals surface area (Å²) in [4.78, 5) is 28.5. The largest absolute Gasteiger partial charge is 0.497 e. The number of carbonyl (C=O) groups is 2. The highest BCUT2D eigenvalue weighted by atomic mass is 16.5. The fourth-order valence-electron chi connectivity index (χ4n) is 2.41. The maximum atomic E-state index is 12.3. The lowest BCUT2D eigenvalue weighted by atomic mass is 9.96. The molecule has 0 saturated heterocycles. The van der Waals surface area contributed by atoms with Crippen molar-refractivity contribution in [3.8, 4) is 5.75 Å². The minimum absolute atomic E-state index is 0.0445. The number of rotatable bonds is 7. The van der Waals surface area contributed by atoms with Crippen LogP contribution in [0.2, 0.25) is 0 Å². The number of hydrogen-bond donors (Lipinski definition) is 1. The Hall–Kier alpha value is -2.89. The minimum atomic E-state index is -0.791. The Balaban J connectivity index is 1.93. The number of nitrogens with one attached hydrogen (secondary N) is 1. The van der Waals surface area contributed by atoms with E-state index in [0.717, 1.165) is 5.56 Å². The number of carbonyl (C=O) groups excluding carboxylic acids is 2. The van der Waals surface area contributed by atoms with E-state index in [1.807, 2.05) is 44.2 Å². The van der Waals surface area contributed by atoms with Crippen LogP contribution in [0.4, 0.5) is 0 Å². The number of hydrogen-bond acceptors (Lipinski definition) is 5. The van der Waals surface area contributed by atoms with Crippen molar-refractivity contribution in [2.45, 2.75) is 38.8 Å². The molecule has 0 fully saturated rings. The second kappa shape index (κ2) is 8.99. The van der Waals surface area contributed by atoms with Gasteiger partial charge in [-0.1, -0.05) is 37.3 Å². The predicted molar refractivity (Wildman–Crippen MR) is 98.1 cm³/mol. The molecule has 0 aliphatic carbocycles. The molecule has 0 radical (unpaired) electrons. The molecule has 1 aromatic heterocycles. The molecule has 26 heavy (non-hydrogen) atoms. The second-order valence-electron chi connectivity index (χ2n) is 6.12. The molecule has 1 aromatic carbocycles. The first-order valence-electron chi connectivity index (χ1n) is 8.48. The topological polar surface area (TPSA) is 77.5 Å². The molecule has 0 bridgehead atoms. The van der Waals surface area contributed by atoms with Gasteiger partial charge in [0, 0.05) is 18.2 Å². The van der Waals surface area contributed by atoms with Crippen molar-refractivity contribution in [1.29, 1.82) is 0 Å². The smallest absolute Gasteiger partial charge is 0.328 e. The van der Waals surface area contributed by atoms with Gasteiger partial charge in [0.1, 0.15) is 23.6 Å². The molecule has 0 saturated carbocycles. The third kappa shape index (κ3) is 5.05. The fraction of sp³-hybridized carbons (Fsp3) is 0.350. The van der Waals surface area contributed by atoms with Gasteiger partial charge in [0.15, 0.2) is 0 Å². The lowest BCUT2D eigenvalue weighted by Crippen LogP contribution is -2.41. The van der Waals surface area contributed by atoms with Crippen molar-refractivity contribution in [2.75, 3.05) is 7.11 Å². The van der Waals surface area contributed by atoms with E-state index in [9.17, 15) is 9.59 Å². The monoisotopic (exact) mass is 356 g/mol. The summed E-state index contributed by atoms with van der Waals surface area (Å²) in [5.41, 5.74) is 1.26. The second-order valence-corrected chi connectivity index (χ2v) is 6.12. The van der Waals surface area contributed by atoms with Crippen molar-refractivity contribution in [3.05, 3.63) is 59.9 Å². The lowest BCUT2D eigenvalue weighted by Gasteiger charge is -2.23. The zero-order valence-corrected chi connectivity index (χ0v) is 15.4. The fourth-order valence-corrected chi connectivity index (χ4v) is 2.41. The van der Waals surface area contributed by atoms with Crippen LogP contribution in [0, 0.1) is 0 Å². The highest BCUT2D eigenvalue weighted by Crippen LogP contribution is 2.21. The Morgan fingerprint density at radius 1 is 1.08 bits per heavy atom. The van der Waals surface area contributed by atoms with E-state index in [1.165, 1.54) is 19.4 Å². The van der Waals surface area contributed by atoms with E-state index in [0.29, 0.717) is 5.75 Å². The molecular weight excluding hydrogens is 332 g/mol. The molecule has 0 aliphatic rings. The molecule has 3 atom stereocenters. The van der Waals surface area contributed by atoms with Crippen LogP contribution in [0.3, 0.4) is 0 Å². The van der Waals surface area contributed by atoms with E-state index in [1.54, 1.807) is 13.0 Å². The van der Waals surface area contributed by atoms with Crippen LogP contribution in [0.5, 0.6) is 5.75 Å². The van der Waals surface area contributed by atoms with Crippen LogP contribution in [0.1, 0.15) is 42.7 Å². The van der Waals surface area contributed by atoms with Crippen LogP contribution in [0.15, 0.2) is 48.7 Å². The Kier molecular flexibility index (Phi) is 6.72. The maximum absolute atomic E-state index is 12.3. The summed E-state index contributed by atoms with van der Waals surface area (Å²) >= 11 is 0. The summed E-state index contributed by atoms with van der Waals surface area (Å²) in [6.45, 7) is 5.42. The molecule has 1 heterocycles. The van der Waals surface area contributed by atoms with Gasteiger partial charge in [0.05, 0.1) is 7.11 Å². The maximum Gasteiger partial charge on any atom is 0.328 e. The number of ether oxygens (including phenoxy) is 2. The summed E-state index contributed by atoms with van der Waals surface area (Å²) in [6, 6.07) is 12.2. The Morgan fingerprint density at radius 3 is 2.42 bits per heavy atom. The van der Waals surface area contributed by atoms with E-state index in [-0.39, 0.29) is 17.7 Å². The molecule has 2 aromatic rings. The normalized spacial score (nSPS) is 14.0. The van der Waals surface area contributed by atoms with Gasteiger partial charge in [-0.25, -0.2) is 4.79 Å². The predicted octanol–water partition coefficient (Wildman–Crippen LogP) is 2.94. The highest BCUT2D eigenvalue weighted by Gasteiger charge is 2.24. The summed E-state index contributed by atoms with van der Waals surface area (Å²) in [6.07, 6.45) is 1.15. The van der Waals surface area contributed by atoms with Crippen molar-refractivity contribution in [3.63, 3.8) is 0 Å². The summed E-state index contributed by atoms with van der Waals surface area (Å²) in [5.74, 6) is -0.387. The van der Waals surface area contributed by atoms with Gasteiger partial charge >= 0.3 is 5.97 Å². The van der Waals surface area contributed by atoms with Gasteiger partial charge in [0.2, 0.25) is 0 Å². The molecule has 6 nitrogen and oxygen atoms in total. The van der Waals surface area contributed by atoms with Gasteiger partial charge in [-0.2, -0.15) is 0 Å². The van der Waals surface area contributed by atoms with Gasteiger partial charge in [-0.05, 0) is 25.5 Å². The number of methoxy groups -OCH3 is 1. The third-order valence-corrected chi connectivity index (χ3v) is 4.23. The van der Waals surface area contributed by atoms with E-state index in [2.05, 4.69) is 10.3 Å². The van der Waals surface area contributed by atoms with Crippen LogP contribution in [-0.2, 0) is 9.53 Å². The van der Waals surface area contributed by atoms with Crippen LogP contribution in [0.25, 0.3) is 0 Å². The molecule has 1 amide bonds. The van der Waals surface area contributed by atoms with E-state index < -0.39 is 17.9 Å². The van der Waals surface area contributed by atoms with Gasteiger partial charge in [-0.3, -0.25) is 9.78 Å². The Bertz CT molecular complexity index is 748. The third-order valence-electron chi connectivity index (χ3n) is 4.23. The lowest BCUT2D eigenvalue weighted by molar-refractivity contribution is -0.151.